The van der Waals surface area contributed by atoms with Gasteiger partial charge in [-0.05, 0) is 35.8 Å². The normalized spacial score (nSPS) is 15.8. The number of thiocarbonyl (C=S) groups is 1. The fraction of sp³-hybridized carbons (Fsp3) is 0.467. The molecular weight excluding hydrogens is 288 g/mol. The molecule has 0 spiro atoms. The minimum absolute atomic E-state index is 0.0892. The average Bonchev–Trinajstić information content (AvgIpc) is 2.47. The molecule has 0 radical (unpaired) electrons. The Morgan fingerprint density at radius 3 is 2.55 bits per heavy atom. The fourth-order valence-electron chi connectivity index (χ4n) is 2.24. The van der Waals surface area contributed by atoms with Gasteiger partial charge in [-0.2, -0.15) is 11.8 Å². The van der Waals surface area contributed by atoms with Crippen LogP contribution in [0, 0.1) is 5.92 Å². The van der Waals surface area contributed by atoms with Crippen LogP contribution in [-0.2, 0) is 11.2 Å². The zero-order valence-corrected chi connectivity index (χ0v) is 13.1. The molecule has 3 nitrogen and oxygen atoms in total. The van der Waals surface area contributed by atoms with E-state index in [-0.39, 0.29) is 5.91 Å². The standard InChI is InChI=1S/C15H20N2OS2/c16-15(19)13-3-1-11(2-4-13)9-14(18)17-10-12-5-7-20-8-6-12/h1-4,12H,5-10H2,(H2,16,19)(H,17,18). The summed E-state index contributed by atoms with van der Waals surface area (Å²) in [5.41, 5.74) is 7.37. The molecule has 1 aromatic rings. The van der Waals surface area contributed by atoms with Gasteiger partial charge in [-0.15, -0.1) is 0 Å². The highest BCUT2D eigenvalue weighted by Gasteiger charge is 2.14. The fourth-order valence-corrected chi connectivity index (χ4v) is 3.58. The topological polar surface area (TPSA) is 55.1 Å². The summed E-state index contributed by atoms with van der Waals surface area (Å²) in [6.07, 6.45) is 2.85. The van der Waals surface area contributed by atoms with E-state index < -0.39 is 0 Å². The van der Waals surface area contributed by atoms with Crippen molar-refractivity contribution in [1.82, 2.24) is 5.32 Å². The first-order valence-corrected chi connectivity index (χ1v) is 8.44. The Hall–Kier alpha value is -1.07. The molecule has 0 atom stereocenters. The lowest BCUT2D eigenvalue weighted by atomic mass is 10.0. The molecule has 1 saturated heterocycles. The predicted molar refractivity (Wildman–Crippen MR) is 89.1 cm³/mol. The Balaban J connectivity index is 1.77. The maximum Gasteiger partial charge on any atom is 0.224 e. The molecule has 3 N–H and O–H groups in total. The third-order valence-electron chi connectivity index (χ3n) is 3.53. The van der Waals surface area contributed by atoms with Crippen molar-refractivity contribution in [1.29, 1.82) is 0 Å². The number of nitrogens with one attached hydrogen (secondary N) is 1. The quantitative estimate of drug-likeness (QED) is 0.818. The molecule has 2 rings (SSSR count). The number of amides is 1. The number of carbonyl (C=O) groups is 1. The van der Waals surface area contributed by atoms with Gasteiger partial charge in [-0.3, -0.25) is 4.79 Å². The maximum absolute atomic E-state index is 11.9. The number of benzene rings is 1. The molecule has 20 heavy (non-hydrogen) atoms. The second kappa shape index (κ2) is 7.64. The Morgan fingerprint density at radius 2 is 1.95 bits per heavy atom. The van der Waals surface area contributed by atoms with E-state index in [4.69, 9.17) is 18.0 Å². The van der Waals surface area contributed by atoms with Crippen LogP contribution in [0.1, 0.15) is 24.0 Å². The van der Waals surface area contributed by atoms with E-state index in [1.54, 1.807) is 0 Å². The average molecular weight is 308 g/mol. The van der Waals surface area contributed by atoms with Crippen LogP contribution in [0.2, 0.25) is 0 Å². The summed E-state index contributed by atoms with van der Waals surface area (Å²) < 4.78 is 0. The lowest BCUT2D eigenvalue weighted by molar-refractivity contribution is -0.120. The number of thioether (sulfide) groups is 1. The molecule has 1 aliphatic heterocycles. The number of rotatable bonds is 5. The lowest BCUT2D eigenvalue weighted by Gasteiger charge is -2.21. The van der Waals surface area contributed by atoms with Crippen molar-refractivity contribution in [2.45, 2.75) is 19.3 Å². The van der Waals surface area contributed by atoms with E-state index in [1.807, 2.05) is 36.0 Å². The summed E-state index contributed by atoms with van der Waals surface area (Å²) >= 11 is 6.91. The highest BCUT2D eigenvalue weighted by Crippen LogP contribution is 2.21. The van der Waals surface area contributed by atoms with Crippen molar-refractivity contribution in [3.8, 4) is 0 Å². The molecule has 1 heterocycles. The largest absolute Gasteiger partial charge is 0.389 e. The number of hydrogen-bond acceptors (Lipinski definition) is 3. The van der Waals surface area contributed by atoms with Gasteiger partial charge in [0.25, 0.3) is 0 Å². The first kappa shape index (κ1) is 15.3. The van der Waals surface area contributed by atoms with Crippen molar-refractivity contribution in [3.05, 3.63) is 35.4 Å². The molecule has 5 heteroatoms. The van der Waals surface area contributed by atoms with Gasteiger partial charge in [-0.25, -0.2) is 0 Å². The predicted octanol–water partition coefficient (Wildman–Crippen LogP) is 2.12. The Labute approximate surface area is 129 Å². The Bertz CT molecular complexity index is 467. The smallest absolute Gasteiger partial charge is 0.224 e. The van der Waals surface area contributed by atoms with Crippen LogP contribution in [0.5, 0.6) is 0 Å². The van der Waals surface area contributed by atoms with Gasteiger partial charge in [0.05, 0.1) is 6.42 Å². The molecule has 0 unspecified atom stereocenters. The molecule has 0 aliphatic carbocycles. The number of carbonyl (C=O) groups excluding carboxylic acids is 1. The lowest BCUT2D eigenvalue weighted by Crippen LogP contribution is -2.32. The van der Waals surface area contributed by atoms with Crippen molar-refractivity contribution in [2.24, 2.45) is 11.7 Å². The minimum Gasteiger partial charge on any atom is -0.389 e. The second-order valence-corrected chi connectivity index (χ2v) is 6.76. The van der Waals surface area contributed by atoms with E-state index in [0.29, 0.717) is 17.3 Å². The summed E-state index contributed by atoms with van der Waals surface area (Å²) in [6.45, 7) is 0.810. The van der Waals surface area contributed by atoms with Gasteiger partial charge in [0.1, 0.15) is 4.99 Å². The van der Waals surface area contributed by atoms with E-state index in [0.717, 1.165) is 17.7 Å². The van der Waals surface area contributed by atoms with Gasteiger partial charge >= 0.3 is 0 Å². The zero-order chi connectivity index (χ0) is 14.4. The monoisotopic (exact) mass is 308 g/mol. The van der Waals surface area contributed by atoms with Crippen LogP contribution in [0.4, 0.5) is 0 Å². The second-order valence-electron chi connectivity index (χ2n) is 5.10. The van der Waals surface area contributed by atoms with Crippen molar-refractivity contribution in [2.75, 3.05) is 18.1 Å². The van der Waals surface area contributed by atoms with Crippen LogP contribution in [-0.4, -0.2) is 28.9 Å². The van der Waals surface area contributed by atoms with E-state index >= 15 is 0 Å². The van der Waals surface area contributed by atoms with E-state index in [9.17, 15) is 4.79 Å². The molecule has 108 valence electrons. The molecule has 1 fully saturated rings. The van der Waals surface area contributed by atoms with Crippen molar-refractivity contribution < 1.29 is 4.79 Å². The first-order valence-electron chi connectivity index (χ1n) is 6.88. The molecule has 0 saturated carbocycles. The number of nitrogens with two attached hydrogens (primary N) is 1. The molecule has 1 aromatic carbocycles. The van der Waals surface area contributed by atoms with Gasteiger partial charge in [-0.1, -0.05) is 36.5 Å². The van der Waals surface area contributed by atoms with Gasteiger partial charge in [0, 0.05) is 12.1 Å². The summed E-state index contributed by atoms with van der Waals surface area (Å²) in [4.78, 5) is 12.3. The van der Waals surface area contributed by atoms with Crippen LogP contribution < -0.4 is 11.1 Å². The highest BCUT2D eigenvalue weighted by atomic mass is 32.2. The summed E-state index contributed by atoms with van der Waals surface area (Å²) in [7, 11) is 0. The summed E-state index contributed by atoms with van der Waals surface area (Å²) in [5.74, 6) is 3.19. The first-order chi connectivity index (χ1) is 9.65. The minimum atomic E-state index is 0.0892. The van der Waals surface area contributed by atoms with Crippen molar-refractivity contribution >= 4 is 34.9 Å². The van der Waals surface area contributed by atoms with Crippen LogP contribution in [0.25, 0.3) is 0 Å². The third kappa shape index (κ3) is 4.80. The maximum atomic E-state index is 11.9. The number of hydrogen-bond donors (Lipinski definition) is 2. The molecule has 0 aromatic heterocycles. The van der Waals surface area contributed by atoms with E-state index in [1.165, 1.54) is 24.3 Å². The molecule has 0 bridgehead atoms. The molecule has 1 amide bonds. The highest BCUT2D eigenvalue weighted by molar-refractivity contribution is 7.99. The Kier molecular flexibility index (Phi) is 5.86. The SMILES string of the molecule is NC(=S)c1ccc(CC(=O)NCC2CCSCC2)cc1. The van der Waals surface area contributed by atoms with Gasteiger partial charge in [0.2, 0.25) is 5.91 Å². The van der Waals surface area contributed by atoms with Crippen LogP contribution in [0.3, 0.4) is 0 Å². The summed E-state index contributed by atoms with van der Waals surface area (Å²) in [5, 5.41) is 3.04. The third-order valence-corrected chi connectivity index (χ3v) is 4.82. The zero-order valence-electron chi connectivity index (χ0n) is 11.4. The molecule has 1 aliphatic rings. The summed E-state index contributed by atoms with van der Waals surface area (Å²) in [6, 6.07) is 7.54. The molecular formula is C15H20N2OS2. The van der Waals surface area contributed by atoms with Gasteiger partial charge in [0.15, 0.2) is 0 Å². The van der Waals surface area contributed by atoms with E-state index in [2.05, 4.69) is 5.32 Å². The van der Waals surface area contributed by atoms with Crippen molar-refractivity contribution in [3.63, 3.8) is 0 Å². The van der Waals surface area contributed by atoms with Gasteiger partial charge < -0.3 is 11.1 Å². The van der Waals surface area contributed by atoms with Crippen LogP contribution >= 0.6 is 24.0 Å². The Morgan fingerprint density at radius 1 is 1.30 bits per heavy atom. The van der Waals surface area contributed by atoms with Crippen LogP contribution in [0.15, 0.2) is 24.3 Å².